The minimum atomic E-state index is -0.450. The smallest absolute Gasteiger partial charge is 0.275 e. The summed E-state index contributed by atoms with van der Waals surface area (Å²) < 4.78 is 6.71. The van der Waals surface area contributed by atoms with Crippen molar-refractivity contribution in [3.05, 3.63) is 74.8 Å². The molecule has 1 N–H and O–H groups in total. The lowest BCUT2D eigenvalue weighted by atomic mass is 10.2. The van der Waals surface area contributed by atoms with Crippen molar-refractivity contribution in [1.29, 1.82) is 0 Å². The summed E-state index contributed by atoms with van der Waals surface area (Å²) in [7, 11) is 1.60. The van der Waals surface area contributed by atoms with E-state index >= 15 is 0 Å². The molecule has 32 heavy (non-hydrogen) atoms. The summed E-state index contributed by atoms with van der Waals surface area (Å²) in [6, 6.07) is 12.9. The second kappa shape index (κ2) is 10.6. The van der Waals surface area contributed by atoms with Crippen LogP contribution in [0.4, 0.5) is 0 Å². The van der Waals surface area contributed by atoms with Gasteiger partial charge in [0.2, 0.25) is 5.43 Å². The number of nitrogens with zero attached hydrogens (tertiary/aromatic N) is 3. The third-order valence-corrected chi connectivity index (χ3v) is 6.74. The first-order valence-corrected chi connectivity index (χ1v) is 11.8. The third kappa shape index (κ3) is 5.26. The van der Waals surface area contributed by atoms with Crippen molar-refractivity contribution in [2.45, 2.75) is 31.7 Å². The Morgan fingerprint density at radius 1 is 1.12 bits per heavy atom. The second-order valence-electron chi connectivity index (χ2n) is 7.86. The van der Waals surface area contributed by atoms with Gasteiger partial charge in [-0.3, -0.25) is 14.5 Å². The molecule has 0 aliphatic carbocycles. The fourth-order valence-corrected chi connectivity index (χ4v) is 4.87. The van der Waals surface area contributed by atoms with E-state index in [1.165, 1.54) is 41.3 Å². The Balaban J connectivity index is 1.51. The predicted octanol–water partition coefficient (Wildman–Crippen LogP) is 3.65. The number of nitrogens with one attached hydrogen (secondary N) is 1. The number of likely N-dealkylation sites (tertiary alicyclic amines) is 1. The van der Waals surface area contributed by atoms with Gasteiger partial charge in [-0.2, -0.15) is 5.10 Å². The maximum absolute atomic E-state index is 13.0. The fraction of sp³-hybridized carbons (Fsp3) is 0.375. The number of hydrogen-bond donors (Lipinski definition) is 1. The summed E-state index contributed by atoms with van der Waals surface area (Å²) in [5.41, 5.74) is 0.236. The Morgan fingerprint density at radius 2 is 1.88 bits per heavy atom. The minimum absolute atomic E-state index is 0.101. The molecule has 1 aliphatic rings. The molecule has 3 aromatic rings. The Bertz CT molecular complexity index is 1070. The molecule has 0 saturated carbocycles. The molecule has 1 fully saturated rings. The molecule has 2 aromatic heterocycles. The summed E-state index contributed by atoms with van der Waals surface area (Å²) in [5.74, 6) is 0.273. The lowest BCUT2D eigenvalue weighted by Crippen LogP contribution is -2.40. The first-order chi connectivity index (χ1) is 15.7. The number of rotatable bonds is 7. The van der Waals surface area contributed by atoms with Gasteiger partial charge in [0.15, 0.2) is 5.69 Å². The SMILES string of the molecule is COc1ccc(-n2ccc(=O)c(C(=O)NC[C@@H](c3cccs3)N3CCCCCC3)n2)cc1. The lowest BCUT2D eigenvalue weighted by molar-refractivity contribution is 0.0926. The van der Waals surface area contributed by atoms with Crippen molar-refractivity contribution in [2.75, 3.05) is 26.7 Å². The van der Waals surface area contributed by atoms with E-state index in [0.717, 1.165) is 24.5 Å². The zero-order chi connectivity index (χ0) is 22.3. The highest BCUT2D eigenvalue weighted by atomic mass is 32.1. The average molecular weight is 453 g/mol. The summed E-state index contributed by atoms with van der Waals surface area (Å²) >= 11 is 1.70. The van der Waals surface area contributed by atoms with Gasteiger partial charge in [-0.1, -0.05) is 18.9 Å². The van der Waals surface area contributed by atoms with Crippen molar-refractivity contribution in [1.82, 2.24) is 20.0 Å². The lowest BCUT2D eigenvalue weighted by Gasteiger charge is -2.30. The van der Waals surface area contributed by atoms with Gasteiger partial charge < -0.3 is 10.1 Å². The first-order valence-electron chi connectivity index (χ1n) is 11.0. The van der Waals surface area contributed by atoms with Crippen LogP contribution in [0.1, 0.15) is 47.1 Å². The van der Waals surface area contributed by atoms with Gasteiger partial charge >= 0.3 is 0 Å². The molecule has 0 bridgehead atoms. The fourth-order valence-electron chi connectivity index (χ4n) is 4.01. The molecule has 1 aliphatic heterocycles. The predicted molar refractivity (Wildman–Crippen MR) is 126 cm³/mol. The monoisotopic (exact) mass is 452 g/mol. The molecule has 8 heteroatoms. The quantitative estimate of drug-likeness (QED) is 0.592. The first kappa shape index (κ1) is 22.2. The van der Waals surface area contributed by atoms with E-state index < -0.39 is 11.3 Å². The highest BCUT2D eigenvalue weighted by molar-refractivity contribution is 7.10. The number of carbonyl (C=O) groups is 1. The molecule has 3 heterocycles. The highest BCUT2D eigenvalue weighted by Gasteiger charge is 2.24. The van der Waals surface area contributed by atoms with Crippen LogP contribution in [0.15, 0.2) is 58.8 Å². The molecule has 0 radical (unpaired) electrons. The van der Waals surface area contributed by atoms with Crippen molar-refractivity contribution >= 4 is 17.2 Å². The van der Waals surface area contributed by atoms with E-state index in [1.54, 1.807) is 24.6 Å². The Morgan fingerprint density at radius 3 is 2.53 bits per heavy atom. The van der Waals surface area contributed by atoms with Crippen LogP contribution in [0.3, 0.4) is 0 Å². The van der Waals surface area contributed by atoms with Gasteiger partial charge in [0, 0.05) is 23.7 Å². The summed E-state index contributed by atoms with van der Waals surface area (Å²) in [4.78, 5) is 29.0. The molecule has 1 aromatic carbocycles. The van der Waals surface area contributed by atoms with Crippen LogP contribution in [0.5, 0.6) is 5.75 Å². The van der Waals surface area contributed by atoms with Crippen molar-refractivity contribution in [3.63, 3.8) is 0 Å². The van der Waals surface area contributed by atoms with E-state index in [4.69, 9.17) is 4.74 Å². The molecule has 1 atom stereocenters. The second-order valence-corrected chi connectivity index (χ2v) is 8.84. The highest BCUT2D eigenvalue weighted by Crippen LogP contribution is 2.27. The largest absolute Gasteiger partial charge is 0.497 e. The summed E-state index contributed by atoms with van der Waals surface area (Å²) in [5, 5.41) is 9.34. The molecule has 4 rings (SSSR count). The summed E-state index contributed by atoms with van der Waals surface area (Å²) in [6.07, 6.45) is 6.40. The van der Waals surface area contributed by atoms with E-state index in [-0.39, 0.29) is 11.7 Å². The standard InChI is InChI=1S/C24H28N4O3S/c1-31-19-10-8-18(9-11-19)28-15-12-21(29)23(26-28)24(30)25-17-20(22-7-6-16-32-22)27-13-4-2-3-5-14-27/h6-12,15-16,20H,2-5,13-14,17H2,1H3,(H,25,30)/t20-/m0/s1. The molecule has 0 spiro atoms. The van der Waals surface area contributed by atoms with Gasteiger partial charge in [-0.15, -0.1) is 11.3 Å². The minimum Gasteiger partial charge on any atom is -0.497 e. The van der Waals surface area contributed by atoms with Crippen LogP contribution in [0.25, 0.3) is 5.69 Å². The van der Waals surface area contributed by atoms with Crippen LogP contribution >= 0.6 is 11.3 Å². The number of thiophene rings is 1. The molecule has 0 unspecified atom stereocenters. The molecule has 1 amide bonds. The zero-order valence-corrected chi connectivity index (χ0v) is 19.0. The van der Waals surface area contributed by atoms with E-state index in [2.05, 4.69) is 26.8 Å². The van der Waals surface area contributed by atoms with Gasteiger partial charge in [-0.05, 0) is 61.6 Å². The Labute approximate surface area is 191 Å². The van der Waals surface area contributed by atoms with E-state index in [1.807, 2.05) is 30.3 Å². The van der Waals surface area contributed by atoms with E-state index in [0.29, 0.717) is 6.54 Å². The van der Waals surface area contributed by atoms with Crippen molar-refractivity contribution in [2.24, 2.45) is 0 Å². The Kier molecular flexibility index (Phi) is 7.34. The van der Waals surface area contributed by atoms with Gasteiger partial charge in [0.05, 0.1) is 18.8 Å². The third-order valence-electron chi connectivity index (χ3n) is 5.77. The van der Waals surface area contributed by atoms with Gasteiger partial charge in [0.25, 0.3) is 5.91 Å². The normalized spacial score (nSPS) is 15.7. The molecule has 7 nitrogen and oxygen atoms in total. The molecular weight excluding hydrogens is 424 g/mol. The maximum Gasteiger partial charge on any atom is 0.275 e. The number of methoxy groups -OCH3 is 1. The number of amides is 1. The average Bonchev–Trinajstić information content (AvgIpc) is 3.22. The van der Waals surface area contributed by atoms with Crippen LogP contribution in [-0.4, -0.2) is 47.3 Å². The number of ether oxygens (including phenoxy) is 1. The van der Waals surface area contributed by atoms with Crippen LogP contribution < -0.4 is 15.5 Å². The van der Waals surface area contributed by atoms with Gasteiger partial charge in [-0.25, -0.2) is 4.68 Å². The Hall–Kier alpha value is -2.97. The van der Waals surface area contributed by atoms with Crippen molar-refractivity contribution in [3.8, 4) is 11.4 Å². The van der Waals surface area contributed by atoms with Crippen LogP contribution in [0.2, 0.25) is 0 Å². The van der Waals surface area contributed by atoms with Crippen LogP contribution in [-0.2, 0) is 0 Å². The zero-order valence-electron chi connectivity index (χ0n) is 18.2. The topological polar surface area (TPSA) is 76.5 Å². The number of benzene rings is 1. The number of carbonyl (C=O) groups excluding carboxylic acids is 1. The molecule has 168 valence electrons. The maximum atomic E-state index is 13.0. The van der Waals surface area contributed by atoms with Gasteiger partial charge in [0.1, 0.15) is 5.75 Å². The van der Waals surface area contributed by atoms with Crippen LogP contribution in [0, 0.1) is 0 Å². The van der Waals surface area contributed by atoms with E-state index in [9.17, 15) is 9.59 Å². The summed E-state index contributed by atoms with van der Waals surface area (Å²) in [6.45, 7) is 2.48. The van der Waals surface area contributed by atoms with Crippen molar-refractivity contribution < 1.29 is 9.53 Å². The number of hydrogen-bond acceptors (Lipinski definition) is 6. The molecule has 1 saturated heterocycles. The molecular formula is C24H28N4O3S. The number of aromatic nitrogens is 2.